The van der Waals surface area contributed by atoms with Crippen molar-refractivity contribution in [2.75, 3.05) is 21.3 Å². The van der Waals surface area contributed by atoms with Crippen LogP contribution in [0.2, 0.25) is 0 Å². The second-order valence-corrected chi connectivity index (χ2v) is 8.90. The number of benzene rings is 3. The number of hydrogen-bond acceptors (Lipinski definition) is 8. The number of amides is 1. The van der Waals surface area contributed by atoms with Gasteiger partial charge in [-0.1, -0.05) is 31.7 Å². The van der Waals surface area contributed by atoms with Crippen molar-refractivity contribution in [2.45, 2.75) is 19.8 Å². The minimum absolute atomic E-state index is 0. The lowest BCUT2D eigenvalue weighted by Gasteiger charge is -2.17. The number of ether oxygens (including phenoxy) is 4. The van der Waals surface area contributed by atoms with Gasteiger partial charge in [-0.25, -0.2) is 0 Å². The van der Waals surface area contributed by atoms with Crippen LogP contribution in [-0.2, 0) is 20.7 Å². The summed E-state index contributed by atoms with van der Waals surface area (Å²) in [5, 5.41) is -0.653. The Morgan fingerprint density at radius 3 is 1.89 bits per heavy atom. The zero-order chi connectivity index (χ0) is 26.8. The Balaban J connectivity index is 0.00000507. The number of nitrogens with two attached hydrogens (primary N) is 1. The van der Waals surface area contributed by atoms with E-state index >= 15 is 0 Å². The van der Waals surface area contributed by atoms with E-state index in [0.29, 0.717) is 53.0 Å². The van der Waals surface area contributed by atoms with E-state index in [1.165, 1.54) is 7.11 Å². The molecule has 3 aromatic rings. The fraction of sp³-hybridized carbons (Fsp3) is 0.207. The Bertz CT molecular complexity index is 1250. The van der Waals surface area contributed by atoms with E-state index in [1.807, 2.05) is 24.3 Å². The predicted octanol–water partition coefficient (Wildman–Crippen LogP) is 5.98. The van der Waals surface area contributed by atoms with Gasteiger partial charge in [-0.05, 0) is 77.3 Å². The summed E-state index contributed by atoms with van der Waals surface area (Å²) in [4.78, 5) is 34.9. The van der Waals surface area contributed by atoms with E-state index in [9.17, 15) is 14.4 Å². The van der Waals surface area contributed by atoms with Crippen molar-refractivity contribution in [2.24, 2.45) is 5.73 Å². The van der Waals surface area contributed by atoms with Crippen LogP contribution in [0, 0.1) is 0 Å². The molecule has 0 radical (unpaired) electrons. The summed E-state index contributed by atoms with van der Waals surface area (Å²) in [5.74, 6) is 1.54. The Kier molecular flexibility index (Phi) is 11.4. The summed E-state index contributed by atoms with van der Waals surface area (Å²) in [5.41, 5.74) is 7.47. The second-order valence-electron chi connectivity index (χ2n) is 7.83. The molecule has 0 aliphatic heterocycles. The molecular formula is C29H31NO7S. The molecule has 0 aromatic heterocycles. The molecule has 1 unspecified atom stereocenters. The zero-order valence-electron chi connectivity index (χ0n) is 20.6. The van der Waals surface area contributed by atoms with E-state index in [2.05, 4.69) is 0 Å². The van der Waals surface area contributed by atoms with Gasteiger partial charge in [-0.3, -0.25) is 14.4 Å². The summed E-state index contributed by atoms with van der Waals surface area (Å²) in [6, 6.07) is 19.7. The maximum Gasteiger partial charge on any atom is 0.313 e. The molecule has 2 N–H and O–H groups in total. The molecule has 0 spiro atoms. The number of thioether (sulfide) groups is 1. The molecule has 0 saturated heterocycles. The van der Waals surface area contributed by atoms with E-state index in [1.54, 1.807) is 62.8 Å². The standard InChI is InChI=1S/C28H27NO7S.CH4/c1-33-23-12-19(13-24(16-23)34-2)15-26(27(31)35-3)20-6-10-22(11-7-20)36-21-8-4-18(5-9-21)14-25(17-30)37-28(29)32;/h4-14,16-17,26H,15H2,1-3H3,(H2,29,32);1H4/b25-14-;. The number of primary amides is 1. The van der Waals surface area contributed by atoms with Gasteiger partial charge in [0.1, 0.15) is 23.0 Å². The molecule has 1 amide bonds. The Labute approximate surface area is 226 Å². The molecule has 0 saturated carbocycles. The Hall–Kier alpha value is -4.24. The van der Waals surface area contributed by atoms with Crippen molar-refractivity contribution in [3.8, 4) is 23.0 Å². The lowest BCUT2D eigenvalue weighted by Crippen LogP contribution is -2.17. The van der Waals surface area contributed by atoms with Crippen LogP contribution in [0.15, 0.2) is 71.6 Å². The minimum atomic E-state index is -0.653. The average Bonchev–Trinajstić information content (AvgIpc) is 2.92. The van der Waals surface area contributed by atoms with Gasteiger partial charge in [0.15, 0.2) is 6.29 Å². The quantitative estimate of drug-likeness (QED) is 0.180. The second kappa shape index (κ2) is 14.5. The smallest absolute Gasteiger partial charge is 0.313 e. The Morgan fingerprint density at radius 2 is 1.42 bits per heavy atom. The van der Waals surface area contributed by atoms with Gasteiger partial charge < -0.3 is 24.7 Å². The van der Waals surface area contributed by atoms with Crippen LogP contribution in [0.4, 0.5) is 4.79 Å². The first-order chi connectivity index (χ1) is 17.8. The van der Waals surface area contributed by atoms with Crippen LogP contribution in [0.25, 0.3) is 6.08 Å². The third kappa shape index (κ3) is 8.41. The number of esters is 1. The monoisotopic (exact) mass is 537 g/mol. The number of carbonyl (C=O) groups excluding carboxylic acids is 3. The molecule has 9 heteroatoms. The molecule has 0 fully saturated rings. The van der Waals surface area contributed by atoms with Gasteiger partial charge in [0, 0.05) is 6.07 Å². The third-order valence-electron chi connectivity index (χ3n) is 5.38. The molecule has 0 aliphatic rings. The largest absolute Gasteiger partial charge is 0.497 e. The number of allylic oxidation sites excluding steroid dienone is 1. The number of aldehydes is 1. The highest BCUT2D eigenvalue weighted by Gasteiger charge is 2.23. The Morgan fingerprint density at radius 1 is 0.868 bits per heavy atom. The number of rotatable bonds is 11. The van der Waals surface area contributed by atoms with Crippen molar-refractivity contribution in [1.82, 2.24) is 0 Å². The van der Waals surface area contributed by atoms with E-state index in [4.69, 9.17) is 24.7 Å². The molecular weight excluding hydrogens is 506 g/mol. The summed E-state index contributed by atoms with van der Waals surface area (Å²) < 4.78 is 21.7. The van der Waals surface area contributed by atoms with Gasteiger partial charge in [0.05, 0.1) is 32.2 Å². The van der Waals surface area contributed by atoms with Crippen LogP contribution >= 0.6 is 11.8 Å². The predicted molar refractivity (Wildman–Crippen MR) is 149 cm³/mol. The van der Waals surface area contributed by atoms with Gasteiger partial charge in [0.25, 0.3) is 5.24 Å². The van der Waals surface area contributed by atoms with Crippen LogP contribution in [-0.4, -0.2) is 38.8 Å². The topological polar surface area (TPSA) is 114 Å². The first kappa shape index (κ1) is 30.0. The molecule has 0 heterocycles. The lowest BCUT2D eigenvalue weighted by molar-refractivity contribution is -0.142. The highest BCUT2D eigenvalue weighted by molar-refractivity contribution is 8.17. The molecule has 8 nitrogen and oxygen atoms in total. The van der Waals surface area contributed by atoms with E-state index < -0.39 is 11.2 Å². The van der Waals surface area contributed by atoms with Gasteiger partial charge in [0.2, 0.25) is 0 Å². The maximum atomic E-state index is 12.6. The van der Waals surface area contributed by atoms with E-state index in [0.717, 1.165) is 11.1 Å². The van der Waals surface area contributed by atoms with Crippen molar-refractivity contribution >= 4 is 35.3 Å². The number of hydrogen-bond donors (Lipinski definition) is 1. The molecule has 0 bridgehead atoms. The van der Waals surface area contributed by atoms with Crippen LogP contribution in [0.1, 0.15) is 30.0 Å². The lowest BCUT2D eigenvalue weighted by atomic mass is 9.91. The van der Waals surface area contributed by atoms with Gasteiger partial charge in [-0.15, -0.1) is 0 Å². The van der Waals surface area contributed by atoms with Crippen LogP contribution in [0.5, 0.6) is 23.0 Å². The molecule has 3 aromatic carbocycles. The van der Waals surface area contributed by atoms with Crippen molar-refractivity contribution in [1.29, 1.82) is 0 Å². The fourth-order valence-corrected chi connectivity index (χ4v) is 4.08. The fourth-order valence-electron chi connectivity index (χ4n) is 3.60. The first-order valence-corrected chi connectivity index (χ1v) is 12.0. The summed E-state index contributed by atoms with van der Waals surface area (Å²) in [6.45, 7) is 0. The highest BCUT2D eigenvalue weighted by Crippen LogP contribution is 2.30. The van der Waals surface area contributed by atoms with Gasteiger partial charge in [-0.2, -0.15) is 0 Å². The maximum absolute atomic E-state index is 12.6. The minimum Gasteiger partial charge on any atom is -0.497 e. The molecule has 200 valence electrons. The zero-order valence-corrected chi connectivity index (χ0v) is 21.4. The molecule has 0 aliphatic carbocycles. The molecule has 1 atom stereocenters. The average molecular weight is 538 g/mol. The van der Waals surface area contributed by atoms with E-state index in [-0.39, 0.29) is 18.3 Å². The summed E-state index contributed by atoms with van der Waals surface area (Å²) >= 11 is 0.668. The van der Waals surface area contributed by atoms with Crippen molar-refractivity contribution in [3.63, 3.8) is 0 Å². The normalized spacial score (nSPS) is 11.5. The summed E-state index contributed by atoms with van der Waals surface area (Å²) in [6.07, 6.45) is 2.53. The highest BCUT2D eigenvalue weighted by atomic mass is 32.2. The van der Waals surface area contributed by atoms with Crippen molar-refractivity contribution in [3.05, 3.63) is 88.3 Å². The third-order valence-corrected chi connectivity index (χ3v) is 6.03. The summed E-state index contributed by atoms with van der Waals surface area (Å²) in [7, 11) is 4.51. The number of carbonyl (C=O) groups is 3. The van der Waals surface area contributed by atoms with Crippen LogP contribution in [0.3, 0.4) is 0 Å². The molecule has 3 rings (SSSR count). The number of methoxy groups -OCH3 is 3. The molecule has 38 heavy (non-hydrogen) atoms. The van der Waals surface area contributed by atoms with Gasteiger partial charge >= 0.3 is 5.97 Å². The van der Waals surface area contributed by atoms with Crippen molar-refractivity contribution < 1.29 is 33.3 Å². The first-order valence-electron chi connectivity index (χ1n) is 11.2. The van der Waals surface area contributed by atoms with Crippen LogP contribution < -0.4 is 19.9 Å². The SMILES string of the molecule is C.COC(=O)C(Cc1cc(OC)cc(OC)c1)c1ccc(Oc2ccc(/C=C(/C=O)SC(N)=O)cc2)cc1.